The van der Waals surface area contributed by atoms with Crippen LogP contribution in [0.1, 0.15) is 12.5 Å². The van der Waals surface area contributed by atoms with Crippen molar-refractivity contribution in [3.63, 3.8) is 0 Å². The summed E-state index contributed by atoms with van der Waals surface area (Å²) in [7, 11) is 1.50. The molecule has 2 aromatic rings. The van der Waals surface area contributed by atoms with Crippen LogP contribution < -0.4 is 15.1 Å². The number of hydrogen-bond donors (Lipinski definition) is 1. The summed E-state index contributed by atoms with van der Waals surface area (Å²) in [5.41, 5.74) is 2.06. The van der Waals surface area contributed by atoms with Gasteiger partial charge >= 0.3 is 5.97 Å². The van der Waals surface area contributed by atoms with E-state index in [-0.39, 0.29) is 12.3 Å². The number of rotatable bonds is 5. The maximum atomic E-state index is 13.6. The maximum Gasteiger partial charge on any atom is 0.355 e. The molecule has 0 aliphatic carbocycles. The Hall–Kier alpha value is -3.68. The Morgan fingerprint density at radius 1 is 1.17 bits per heavy atom. The fraction of sp³-hybridized carbons (Fsp3) is 0.238. The van der Waals surface area contributed by atoms with Crippen molar-refractivity contribution in [3.05, 3.63) is 60.2 Å². The molecule has 8 heteroatoms. The molecule has 2 amide bonds. The van der Waals surface area contributed by atoms with Crippen molar-refractivity contribution in [2.24, 2.45) is 11.0 Å². The molecule has 4 rings (SSSR count). The number of nitrogens with one attached hydrogen (secondary N) is 1. The Balaban J connectivity index is 1.86. The van der Waals surface area contributed by atoms with Gasteiger partial charge in [-0.2, -0.15) is 5.10 Å². The van der Waals surface area contributed by atoms with Crippen LogP contribution in [0, 0.1) is 5.92 Å². The Kier molecular flexibility index (Phi) is 4.54. The molecule has 1 fully saturated rings. The monoisotopic (exact) mass is 393 g/mol. The van der Waals surface area contributed by atoms with Crippen LogP contribution in [0.25, 0.3) is 0 Å². The highest BCUT2D eigenvalue weighted by atomic mass is 16.5. The molecule has 148 valence electrons. The zero-order valence-electron chi connectivity index (χ0n) is 15.9. The third kappa shape index (κ3) is 2.67. The fourth-order valence-electron chi connectivity index (χ4n) is 3.78. The number of anilines is 1. The summed E-state index contributed by atoms with van der Waals surface area (Å²) in [6, 6.07) is 15.4. The summed E-state index contributed by atoms with van der Waals surface area (Å²) in [4.78, 5) is 40.6. The predicted octanol–water partition coefficient (Wildman–Crippen LogP) is 1.60. The lowest BCUT2D eigenvalue weighted by Gasteiger charge is -2.26. The molecule has 2 aromatic carbocycles. The largest absolute Gasteiger partial charge is 0.497 e. The van der Waals surface area contributed by atoms with Gasteiger partial charge in [0.15, 0.2) is 11.3 Å². The molecule has 2 aliphatic heterocycles. The minimum atomic E-state index is -1.51. The summed E-state index contributed by atoms with van der Waals surface area (Å²) in [5.74, 6) is -2.43. The summed E-state index contributed by atoms with van der Waals surface area (Å²) in [5, 5.41) is 4.05. The minimum Gasteiger partial charge on any atom is -0.497 e. The number of nitrogens with zero attached hydrogens (tertiary/aromatic N) is 2. The van der Waals surface area contributed by atoms with E-state index in [9.17, 15) is 14.4 Å². The number of amides is 2. The van der Waals surface area contributed by atoms with Gasteiger partial charge in [-0.25, -0.2) is 9.69 Å². The summed E-state index contributed by atoms with van der Waals surface area (Å²) >= 11 is 0. The SMILES string of the molecule is CCOC(=O)C1=NN[C@@]2(c3ccccc3)C(=O)N(c3cccc(OC)c3)C(=O)[C@@H]12. The molecule has 0 radical (unpaired) electrons. The number of hydrazone groups is 1. The van der Waals surface area contributed by atoms with Crippen LogP contribution in [0.4, 0.5) is 5.69 Å². The third-order valence-electron chi connectivity index (χ3n) is 5.09. The second-order valence-corrected chi connectivity index (χ2v) is 6.62. The van der Waals surface area contributed by atoms with Crippen molar-refractivity contribution >= 4 is 29.2 Å². The first-order valence-corrected chi connectivity index (χ1v) is 9.14. The Labute approximate surface area is 167 Å². The number of methoxy groups -OCH3 is 1. The van der Waals surface area contributed by atoms with Gasteiger partial charge in [0.25, 0.3) is 5.91 Å². The van der Waals surface area contributed by atoms with Gasteiger partial charge in [0, 0.05) is 6.07 Å². The zero-order valence-corrected chi connectivity index (χ0v) is 15.9. The molecule has 0 bridgehead atoms. The van der Waals surface area contributed by atoms with Gasteiger partial charge in [0.2, 0.25) is 5.91 Å². The molecule has 0 unspecified atom stereocenters. The quantitative estimate of drug-likeness (QED) is 0.612. The normalized spacial score (nSPS) is 22.8. The van der Waals surface area contributed by atoms with Gasteiger partial charge in [0.05, 0.1) is 19.4 Å². The first kappa shape index (κ1) is 18.7. The van der Waals surface area contributed by atoms with E-state index in [1.807, 2.05) is 0 Å². The van der Waals surface area contributed by atoms with E-state index in [0.29, 0.717) is 17.0 Å². The number of fused-ring (bicyclic) bond motifs is 1. The molecule has 1 saturated heterocycles. The maximum absolute atomic E-state index is 13.6. The molecule has 0 spiro atoms. The van der Waals surface area contributed by atoms with Crippen LogP contribution in [-0.4, -0.2) is 37.2 Å². The number of benzene rings is 2. The van der Waals surface area contributed by atoms with Gasteiger partial charge < -0.3 is 9.47 Å². The molecule has 2 aliphatic rings. The van der Waals surface area contributed by atoms with E-state index in [2.05, 4.69) is 10.5 Å². The lowest BCUT2D eigenvalue weighted by Crippen LogP contribution is -2.48. The average molecular weight is 393 g/mol. The second-order valence-electron chi connectivity index (χ2n) is 6.62. The van der Waals surface area contributed by atoms with E-state index in [0.717, 1.165) is 4.90 Å². The number of imide groups is 1. The second kappa shape index (κ2) is 7.05. The number of esters is 1. The summed E-state index contributed by atoms with van der Waals surface area (Å²) in [6.07, 6.45) is 0. The first-order valence-electron chi connectivity index (χ1n) is 9.14. The molecular formula is C21H19N3O5. The summed E-state index contributed by atoms with van der Waals surface area (Å²) < 4.78 is 10.3. The van der Waals surface area contributed by atoms with Crippen LogP contribution in [-0.2, 0) is 24.7 Å². The van der Waals surface area contributed by atoms with Crippen molar-refractivity contribution < 1.29 is 23.9 Å². The zero-order chi connectivity index (χ0) is 20.6. The lowest BCUT2D eigenvalue weighted by atomic mass is 9.79. The highest BCUT2D eigenvalue weighted by molar-refractivity contribution is 6.47. The van der Waals surface area contributed by atoms with E-state index in [4.69, 9.17) is 9.47 Å². The molecular weight excluding hydrogens is 374 g/mol. The standard InChI is InChI=1S/C21H19N3O5/c1-3-29-19(26)17-16-18(25)24(14-10-7-11-15(12-14)28-2)20(27)21(16,23-22-17)13-8-5-4-6-9-13/h4-12,16,23H,3H2,1-2H3/t16-,21-/m1/s1. The highest BCUT2D eigenvalue weighted by Gasteiger charge is 2.67. The lowest BCUT2D eigenvalue weighted by molar-refractivity contribution is -0.136. The van der Waals surface area contributed by atoms with Gasteiger partial charge in [-0.15, -0.1) is 0 Å². The Morgan fingerprint density at radius 2 is 1.93 bits per heavy atom. The molecule has 8 nitrogen and oxygen atoms in total. The smallest absolute Gasteiger partial charge is 0.355 e. The Morgan fingerprint density at radius 3 is 2.62 bits per heavy atom. The summed E-state index contributed by atoms with van der Waals surface area (Å²) in [6.45, 7) is 1.79. The molecule has 0 aromatic heterocycles. The van der Waals surface area contributed by atoms with Gasteiger partial charge in [-0.05, 0) is 24.6 Å². The topological polar surface area (TPSA) is 97.3 Å². The van der Waals surface area contributed by atoms with E-state index < -0.39 is 29.2 Å². The van der Waals surface area contributed by atoms with Crippen LogP contribution in [0.2, 0.25) is 0 Å². The molecule has 2 atom stereocenters. The van der Waals surface area contributed by atoms with Crippen LogP contribution in [0.15, 0.2) is 59.7 Å². The van der Waals surface area contributed by atoms with Crippen LogP contribution >= 0.6 is 0 Å². The van der Waals surface area contributed by atoms with Crippen molar-refractivity contribution in [1.82, 2.24) is 5.43 Å². The fourth-order valence-corrected chi connectivity index (χ4v) is 3.78. The van der Waals surface area contributed by atoms with Crippen LogP contribution in [0.5, 0.6) is 5.75 Å². The number of ether oxygens (including phenoxy) is 2. The van der Waals surface area contributed by atoms with Crippen molar-refractivity contribution in [2.75, 3.05) is 18.6 Å². The van der Waals surface area contributed by atoms with E-state index in [1.165, 1.54) is 7.11 Å². The average Bonchev–Trinajstić information content (AvgIpc) is 3.25. The van der Waals surface area contributed by atoms with Gasteiger partial charge in [-0.1, -0.05) is 36.4 Å². The molecule has 0 saturated carbocycles. The molecule has 29 heavy (non-hydrogen) atoms. The van der Waals surface area contributed by atoms with Crippen molar-refractivity contribution in [1.29, 1.82) is 0 Å². The third-order valence-corrected chi connectivity index (χ3v) is 5.09. The number of carbonyl (C=O) groups excluding carboxylic acids is 3. The van der Waals surface area contributed by atoms with Gasteiger partial charge in [0.1, 0.15) is 11.7 Å². The van der Waals surface area contributed by atoms with Gasteiger partial charge in [-0.3, -0.25) is 15.0 Å². The number of hydrogen-bond acceptors (Lipinski definition) is 7. The first-order chi connectivity index (χ1) is 14.0. The minimum absolute atomic E-state index is 0.112. The van der Waals surface area contributed by atoms with Crippen molar-refractivity contribution in [3.8, 4) is 5.75 Å². The van der Waals surface area contributed by atoms with E-state index >= 15 is 0 Å². The van der Waals surface area contributed by atoms with Crippen LogP contribution in [0.3, 0.4) is 0 Å². The number of carbonyl (C=O) groups is 3. The highest BCUT2D eigenvalue weighted by Crippen LogP contribution is 2.45. The van der Waals surface area contributed by atoms with E-state index in [1.54, 1.807) is 61.5 Å². The molecule has 1 N–H and O–H groups in total. The predicted molar refractivity (Wildman–Crippen MR) is 104 cm³/mol. The Bertz CT molecular complexity index is 1020. The van der Waals surface area contributed by atoms with Crippen molar-refractivity contribution in [2.45, 2.75) is 12.5 Å². The molecule has 2 heterocycles.